The van der Waals surface area contributed by atoms with Gasteiger partial charge < -0.3 is 9.64 Å². The summed E-state index contributed by atoms with van der Waals surface area (Å²) >= 11 is 0. The normalized spacial score (nSPS) is 15.1. The number of amides is 1. The number of hydrogen-bond acceptors (Lipinski definition) is 4. The predicted molar refractivity (Wildman–Crippen MR) is 76.9 cm³/mol. The SMILES string of the molecule is CC(=NC(=O)OCc1ccc([N+](=O)[O-])cc1)N1C[CH]CC1. The minimum absolute atomic E-state index is 0.00391. The summed E-state index contributed by atoms with van der Waals surface area (Å²) in [6.45, 7) is 3.47. The molecule has 0 unspecified atom stereocenters. The lowest BCUT2D eigenvalue weighted by Crippen LogP contribution is -2.26. The lowest BCUT2D eigenvalue weighted by molar-refractivity contribution is -0.384. The summed E-state index contributed by atoms with van der Waals surface area (Å²) in [6.07, 6.45) is 2.46. The molecule has 0 aromatic heterocycles. The zero-order valence-electron chi connectivity index (χ0n) is 11.7. The number of likely N-dealkylation sites (tertiary alicyclic amines) is 1. The molecule has 1 aromatic rings. The molecule has 111 valence electrons. The van der Waals surface area contributed by atoms with Crippen LogP contribution in [0.5, 0.6) is 0 Å². The number of nitro groups is 1. The van der Waals surface area contributed by atoms with Gasteiger partial charge in [-0.15, -0.1) is 0 Å². The molecule has 1 saturated heterocycles. The minimum atomic E-state index is -0.655. The van der Waals surface area contributed by atoms with E-state index in [2.05, 4.69) is 11.4 Å². The maximum Gasteiger partial charge on any atom is 0.435 e. The lowest BCUT2D eigenvalue weighted by atomic mass is 10.2. The summed E-state index contributed by atoms with van der Waals surface area (Å²) in [5, 5.41) is 10.5. The molecule has 1 aliphatic rings. The topological polar surface area (TPSA) is 85.0 Å². The molecule has 1 amide bonds. The first-order valence-corrected chi connectivity index (χ1v) is 6.58. The van der Waals surface area contributed by atoms with Crippen molar-refractivity contribution in [1.82, 2.24) is 4.90 Å². The molecule has 0 atom stereocenters. The molecule has 0 bridgehead atoms. The number of rotatable bonds is 3. The number of nitro benzene ring substituents is 1. The van der Waals surface area contributed by atoms with E-state index < -0.39 is 11.0 Å². The molecule has 0 N–H and O–H groups in total. The summed E-state index contributed by atoms with van der Waals surface area (Å²) < 4.78 is 5.03. The molecule has 7 heteroatoms. The molecule has 1 fully saturated rings. The largest absolute Gasteiger partial charge is 0.443 e. The van der Waals surface area contributed by atoms with Crippen LogP contribution in [-0.2, 0) is 11.3 Å². The van der Waals surface area contributed by atoms with Crippen molar-refractivity contribution in [3.05, 3.63) is 46.4 Å². The number of non-ortho nitro benzene ring substituents is 1. The first-order chi connectivity index (χ1) is 10.1. The van der Waals surface area contributed by atoms with Crippen molar-refractivity contribution < 1.29 is 14.5 Å². The Morgan fingerprint density at radius 3 is 2.71 bits per heavy atom. The highest BCUT2D eigenvalue weighted by atomic mass is 16.6. The number of carbonyl (C=O) groups is 1. The monoisotopic (exact) mass is 290 g/mol. The quantitative estimate of drug-likeness (QED) is 0.369. The van der Waals surface area contributed by atoms with E-state index >= 15 is 0 Å². The van der Waals surface area contributed by atoms with Crippen LogP contribution in [0.15, 0.2) is 29.3 Å². The molecular formula is C14H16N3O4. The van der Waals surface area contributed by atoms with Crippen molar-refractivity contribution in [2.24, 2.45) is 4.99 Å². The molecule has 1 heterocycles. The molecular weight excluding hydrogens is 274 g/mol. The summed E-state index contributed by atoms with van der Waals surface area (Å²) in [4.78, 5) is 27.5. The van der Waals surface area contributed by atoms with Crippen molar-refractivity contribution in [2.75, 3.05) is 13.1 Å². The Bertz CT molecular complexity index is 548. The number of hydrogen-bond donors (Lipinski definition) is 0. The van der Waals surface area contributed by atoms with Crippen molar-refractivity contribution in [2.45, 2.75) is 20.0 Å². The number of carbonyl (C=O) groups excluding carboxylic acids is 1. The van der Waals surface area contributed by atoms with Gasteiger partial charge in [-0.1, -0.05) is 0 Å². The Labute approximate surface area is 122 Å². The highest BCUT2D eigenvalue weighted by molar-refractivity contribution is 5.90. The number of ether oxygens (including phenoxy) is 1. The molecule has 0 spiro atoms. The molecule has 0 aliphatic carbocycles. The smallest absolute Gasteiger partial charge is 0.435 e. The number of amidine groups is 1. The fourth-order valence-corrected chi connectivity index (χ4v) is 1.97. The van der Waals surface area contributed by atoms with Gasteiger partial charge in [0, 0.05) is 25.2 Å². The zero-order chi connectivity index (χ0) is 15.2. The molecule has 1 aliphatic heterocycles. The highest BCUT2D eigenvalue weighted by Crippen LogP contribution is 2.13. The van der Waals surface area contributed by atoms with Crippen molar-refractivity contribution >= 4 is 17.6 Å². The first-order valence-electron chi connectivity index (χ1n) is 6.58. The Kier molecular flexibility index (Phi) is 4.86. The van der Waals surface area contributed by atoms with Crippen LogP contribution < -0.4 is 0 Å². The fourth-order valence-electron chi connectivity index (χ4n) is 1.97. The van der Waals surface area contributed by atoms with Crippen LogP contribution >= 0.6 is 0 Å². The summed E-state index contributed by atoms with van der Waals surface area (Å²) in [5.74, 6) is 0.637. The van der Waals surface area contributed by atoms with Gasteiger partial charge in [-0.3, -0.25) is 10.1 Å². The third kappa shape index (κ3) is 4.27. The van der Waals surface area contributed by atoms with Gasteiger partial charge in [0.15, 0.2) is 0 Å². The molecule has 1 aromatic carbocycles. The van der Waals surface area contributed by atoms with E-state index in [9.17, 15) is 14.9 Å². The van der Waals surface area contributed by atoms with Crippen LogP contribution in [-0.4, -0.2) is 34.8 Å². The zero-order valence-corrected chi connectivity index (χ0v) is 11.7. The standard InChI is InChI=1S/C14H16N3O4/c1-11(16-8-2-3-9-16)15-14(18)21-10-12-4-6-13(7-5-12)17(19)20/h2,4-7H,3,8-10H2,1H3. The summed E-state index contributed by atoms with van der Waals surface area (Å²) in [5.41, 5.74) is 0.681. The average molecular weight is 290 g/mol. The Morgan fingerprint density at radius 2 is 2.14 bits per heavy atom. The second kappa shape index (κ2) is 6.83. The van der Waals surface area contributed by atoms with Crippen LogP contribution in [0.1, 0.15) is 18.9 Å². The van der Waals surface area contributed by atoms with Crippen LogP contribution in [0.4, 0.5) is 10.5 Å². The van der Waals surface area contributed by atoms with Crippen molar-refractivity contribution in [3.63, 3.8) is 0 Å². The maximum absolute atomic E-state index is 11.6. The van der Waals surface area contributed by atoms with Gasteiger partial charge >= 0.3 is 6.09 Å². The maximum atomic E-state index is 11.6. The second-order valence-electron chi connectivity index (χ2n) is 4.66. The summed E-state index contributed by atoms with van der Waals surface area (Å²) in [7, 11) is 0. The Hall–Kier alpha value is -2.44. The van der Waals surface area contributed by atoms with Gasteiger partial charge in [-0.2, -0.15) is 4.99 Å². The molecule has 7 nitrogen and oxygen atoms in total. The highest BCUT2D eigenvalue weighted by Gasteiger charge is 2.14. The van der Waals surface area contributed by atoms with E-state index in [1.807, 2.05) is 4.90 Å². The van der Waals surface area contributed by atoms with E-state index in [0.717, 1.165) is 19.5 Å². The van der Waals surface area contributed by atoms with Crippen molar-refractivity contribution in [3.8, 4) is 0 Å². The number of aliphatic imine (C=N–C) groups is 1. The number of nitrogens with zero attached hydrogens (tertiary/aromatic N) is 3. The molecule has 0 saturated carbocycles. The fraction of sp³-hybridized carbons (Fsp3) is 0.357. The third-order valence-corrected chi connectivity index (χ3v) is 3.17. The van der Waals surface area contributed by atoms with Gasteiger partial charge in [0.2, 0.25) is 0 Å². The lowest BCUT2D eigenvalue weighted by Gasteiger charge is -2.15. The molecule has 1 radical (unpaired) electrons. The van der Waals surface area contributed by atoms with Crippen LogP contribution in [0.2, 0.25) is 0 Å². The van der Waals surface area contributed by atoms with E-state index in [4.69, 9.17) is 4.74 Å². The minimum Gasteiger partial charge on any atom is -0.443 e. The van der Waals surface area contributed by atoms with E-state index in [0.29, 0.717) is 11.4 Å². The average Bonchev–Trinajstić information content (AvgIpc) is 3.00. The van der Waals surface area contributed by atoms with Gasteiger partial charge in [0.25, 0.3) is 5.69 Å². The molecule has 21 heavy (non-hydrogen) atoms. The predicted octanol–water partition coefficient (Wildman–Crippen LogP) is 2.56. The van der Waals surface area contributed by atoms with Crippen LogP contribution in [0.25, 0.3) is 0 Å². The van der Waals surface area contributed by atoms with Crippen LogP contribution in [0, 0.1) is 16.5 Å². The third-order valence-electron chi connectivity index (χ3n) is 3.17. The van der Waals surface area contributed by atoms with Crippen LogP contribution in [0.3, 0.4) is 0 Å². The Balaban J connectivity index is 1.85. The molecule has 2 rings (SSSR count). The first kappa shape index (κ1) is 15.0. The Morgan fingerprint density at radius 1 is 1.43 bits per heavy atom. The van der Waals surface area contributed by atoms with Gasteiger partial charge in [-0.05, 0) is 37.5 Å². The number of benzene rings is 1. The second-order valence-corrected chi connectivity index (χ2v) is 4.66. The van der Waals surface area contributed by atoms with Crippen molar-refractivity contribution in [1.29, 1.82) is 0 Å². The van der Waals surface area contributed by atoms with E-state index in [1.54, 1.807) is 19.1 Å². The van der Waals surface area contributed by atoms with Gasteiger partial charge in [0.05, 0.1) is 4.92 Å². The van der Waals surface area contributed by atoms with Gasteiger partial charge in [0.1, 0.15) is 12.4 Å². The summed E-state index contributed by atoms with van der Waals surface area (Å²) in [6, 6.07) is 5.85. The van der Waals surface area contributed by atoms with E-state index in [1.165, 1.54) is 12.1 Å². The van der Waals surface area contributed by atoms with Gasteiger partial charge in [-0.25, -0.2) is 4.79 Å². The van der Waals surface area contributed by atoms with E-state index in [-0.39, 0.29) is 12.3 Å².